The second-order valence-electron chi connectivity index (χ2n) is 7.81. The smallest absolute Gasteiger partial charge is 0.405 e. The molecule has 0 aromatic heterocycles. The van der Waals surface area contributed by atoms with Crippen LogP contribution in [0.5, 0.6) is 0 Å². The van der Waals surface area contributed by atoms with Crippen molar-refractivity contribution < 1.29 is 18.3 Å². The van der Waals surface area contributed by atoms with Crippen LogP contribution in [0, 0.1) is 0 Å². The second-order valence-corrected chi connectivity index (χ2v) is 9.51. The minimum absolute atomic E-state index is 0.0432. The quantitative estimate of drug-likeness (QED) is 0.628. The standard InChI is InChI=1S/C21H27N5O4S/c22-16-11-14-24(20(15-16)23-21(27)28)12-6-13-25-18-9-4-5-10-19(18)26(31(25,29)30)17-7-2-1-3-8-17/h1-5,7-10,16,20,23H,6,11-15,22H2,(H,27,28). The molecule has 4 rings (SSSR count). The Morgan fingerprint density at radius 1 is 1.06 bits per heavy atom. The number of nitrogens with zero attached hydrogens (tertiary/aromatic N) is 3. The topological polar surface area (TPSA) is 119 Å². The predicted octanol–water partition coefficient (Wildman–Crippen LogP) is 2.30. The van der Waals surface area contributed by atoms with E-state index in [4.69, 9.17) is 10.8 Å². The highest BCUT2D eigenvalue weighted by molar-refractivity contribution is 7.95. The maximum Gasteiger partial charge on any atom is 0.405 e. The number of carboxylic acid groups (broad SMARTS) is 1. The maximum atomic E-state index is 13.4. The number of nitrogens with one attached hydrogen (secondary N) is 1. The molecule has 2 unspecified atom stereocenters. The highest BCUT2D eigenvalue weighted by Gasteiger charge is 2.41. The van der Waals surface area contributed by atoms with Gasteiger partial charge < -0.3 is 16.2 Å². The molecule has 1 amide bonds. The first kappa shape index (κ1) is 21.4. The van der Waals surface area contributed by atoms with Crippen LogP contribution in [0.2, 0.25) is 0 Å². The maximum absolute atomic E-state index is 13.4. The zero-order valence-electron chi connectivity index (χ0n) is 17.1. The molecule has 4 N–H and O–H groups in total. The lowest BCUT2D eigenvalue weighted by Gasteiger charge is -2.38. The molecule has 0 bridgehead atoms. The van der Waals surface area contributed by atoms with E-state index >= 15 is 0 Å². The van der Waals surface area contributed by atoms with Gasteiger partial charge in [-0.05, 0) is 43.5 Å². The van der Waals surface area contributed by atoms with Crippen molar-refractivity contribution in [3.8, 4) is 0 Å². The lowest BCUT2D eigenvalue weighted by Crippen LogP contribution is -2.55. The summed E-state index contributed by atoms with van der Waals surface area (Å²) in [4.78, 5) is 13.2. The van der Waals surface area contributed by atoms with Crippen LogP contribution < -0.4 is 19.7 Å². The summed E-state index contributed by atoms with van der Waals surface area (Å²) in [6.45, 7) is 1.54. The molecule has 2 aliphatic heterocycles. The van der Waals surface area contributed by atoms with Crippen molar-refractivity contribution in [1.29, 1.82) is 0 Å². The Bertz CT molecular complexity index is 1030. The van der Waals surface area contributed by atoms with Gasteiger partial charge in [-0.15, -0.1) is 0 Å². The summed E-state index contributed by atoms with van der Waals surface area (Å²) in [6, 6.07) is 16.2. The molecule has 0 saturated carbocycles. The Morgan fingerprint density at radius 3 is 2.45 bits per heavy atom. The Balaban J connectivity index is 1.50. The SMILES string of the molecule is NC1CCN(CCCN2c3ccccc3N(c3ccccc3)S2(=O)=O)C(NC(=O)O)C1. The van der Waals surface area contributed by atoms with Crippen molar-refractivity contribution in [1.82, 2.24) is 10.2 Å². The zero-order chi connectivity index (χ0) is 22.0. The minimum atomic E-state index is -3.77. The lowest BCUT2D eigenvalue weighted by atomic mass is 10.0. The van der Waals surface area contributed by atoms with Crippen LogP contribution in [0.25, 0.3) is 0 Å². The number of amides is 1. The third-order valence-corrected chi connectivity index (χ3v) is 7.52. The molecule has 1 fully saturated rings. The summed E-state index contributed by atoms with van der Waals surface area (Å²) in [7, 11) is -3.77. The largest absolute Gasteiger partial charge is 0.465 e. The van der Waals surface area contributed by atoms with Gasteiger partial charge >= 0.3 is 16.3 Å². The molecule has 2 aromatic carbocycles. The molecule has 2 heterocycles. The number of hydrogen-bond donors (Lipinski definition) is 3. The predicted molar refractivity (Wildman–Crippen MR) is 120 cm³/mol. The molecule has 2 aromatic rings. The number of rotatable bonds is 6. The van der Waals surface area contributed by atoms with Gasteiger partial charge in [0.2, 0.25) is 0 Å². The van der Waals surface area contributed by atoms with E-state index < -0.39 is 16.3 Å². The fraction of sp³-hybridized carbons (Fsp3) is 0.381. The van der Waals surface area contributed by atoms with Crippen LogP contribution in [-0.4, -0.2) is 56.4 Å². The number of likely N-dealkylation sites (tertiary alicyclic amines) is 1. The fourth-order valence-corrected chi connectivity index (χ4v) is 6.04. The van der Waals surface area contributed by atoms with E-state index in [1.54, 1.807) is 18.2 Å². The lowest BCUT2D eigenvalue weighted by molar-refractivity contribution is 0.102. The number of para-hydroxylation sites is 3. The molecule has 2 atom stereocenters. The number of carbonyl (C=O) groups is 1. The molecule has 10 heteroatoms. The van der Waals surface area contributed by atoms with Gasteiger partial charge in [-0.3, -0.25) is 9.21 Å². The van der Waals surface area contributed by atoms with Gasteiger partial charge in [0.15, 0.2) is 0 Å². The van der Waals surface area contributed by atoms with E-state index in [2.05, 4.69) is 5.32 Å². The summed E-state index contributed by atoms with van der Waals surface area (Å²) in [5.41, 5.74) is 7.86. The number of benzene rings is 2. The third-order valence-electron chi connectivity index (χ3n) is 5.72. The summed E-state index contributed by atoms with van der Waals surface area (Å²) >= 11 is 0. The first-order chi connectivity index (χ1) is 14.9. The first-order valence-corrected chi connectivity index (χ1v) is 11.7. The Morgan fingerprint density at radius 2 is 1.74 bits per heavy atom. The van der Waals surface area contributed by atoms with Crippen molar-refractivity contribution in [3.05, 3.63) is 54.6 Å². The van der Waals surface area contributed by atoms with Gasteiger partial charge in [0.25, 0.3) is 0 Å². The molecule has 0 spiro atoms. The Hall–Kier alpha value is -2.82. The van der Waals surface area contributed by atoms with Crippen molar-refractivity contribution in [2.45, 2.75) is 31.5 Å². The van der Waals surface area contributed by atoms with Gasteiger partial charge in [0, 0.05) is 25.7 Å². The van der Waals surface area contributed by atoms with Crippen LogP contribution in [0.3, 0.4) is 0 Å². The van der Waals surface area contributed by atoms with Crippen molar-refractivity contribution in [2.75, 3.05) is 28.2 Å². The number of hydrogen-bond acceptors (Lipinski definition) is 5. The minimum Gasteiger partial charge on any atom is -0.465 e. The van der Waals surface area contributed by atoms with Crippen LogP contribution in [0.1, 0.15) is 19.3 Å². The number of anilines is 3. The molecular formula is C21H27N5O4S. The Kier molecular flexibility index (Phi) is 6.03. The molecule has 2 aliphatic rings. The van der Waals surface area contributed by atoms with Gasteiger partial charge in [-0.25, -0.2) is 9.10 Å². The van der Waals surface area contributed by atoms with E-state index in [0.717, 1.165) is 6.42 Å². The monoisotopic (exact) mass is 445 g/mol. The molecule has 9 nitrogen and oxygen atoms in total. The molecule has 166 valence electrons. The van der Waals surface area contributed by atoms with Crippen LogP contribution in [-0.2, 0) is 10.2 Å². The van der Waals surface area contributed by atoms with E-state index in [1.165, 1.54) is 8.61 Å². The third kappa shape index (κ3) is 4.32. The number of piperidine rings is 1. The summed E-state index contributed by atoms with van der Waals surface area (Å²) in [5.74, 6) is 0. The molecular weight excluding hydrogens is 418 g/mol. The van der Waals surface area contributed by atoms with Crippen molar-refractivity contribution >= 4 is 33.4 Å². The van der Waals surface area contributed by atoms with Crippen LogP contribution in [0.4, 0.5) is 21.9 Å². The van der Waals surface area contributed by atoms with Crippen molar-refractivity contribution in [3.63, 3.8) is 0 Å². The Labute approximate surface area is 182 Å². The highest BCUT2D eigenvalue weighted by Crippen LogP contribution is 2.45. The van der Waals surface area contributed by atoms with E-state index in [9.17, 15) is 13.2 Å². The highest BCUT2D eigenvalue weighted by atomic mass is 32.2. The average molecular weight is 446 g/mol. The van der Waals surface area contributed by atoms with Crippen molar-refractivity contribution in [2.24, 2.45) is 5.73 Å². The normalized spacial score (nSPS) is 22.9. The van der Waals surface area contributed by atoms with Crippen LogP contribution in [0.15, 0.2) is 54.6 Å². The van der Waals surface area contributed by atoms with E-state index in [1.807, 2.05) is 41.3 Å². The second kappa shape index (κ2) is 8.74. The molecule has 0 aliphatic carbocycles. The zero-order valence-corrected chi connectivity index (χ0v) is 17.9. The summed E-state index contributed by atoms with van der Waals surface area (Å²) < 4.78 is 29.6. The number of nitrogens with two attached hydrogens (primary N) is 1. The molecule has 1 saturated heterocycles. The first-order valence-electron chi connectivity index (χ1n) is 10.3. The van der Waals surface area contributed by atoms with Gasteiger partial charge in [0.05, 0.1) is 23.2 Å². The van der Waals surface area contributed by atoms with E-state index in [0.29, 0.717) is 49.5 Å². The van der Waals surface area contributed by atoms with Gasteiger partial charge in [-0.2, -0.15) is 8.42 Å². The molecule has 0 radical (unpaired) electrons. The summed E-state index contributed by atoms with van der Waals surface area (Å²) in [6.07, 6.45) is 0.440. The fourth-order valence-electron chi connectivity index (χ4n) is 4.28. The molecule has 31 heavy (non-hydrogen) atoms. The van der Waals surface area contributed by atoms with Gasteiger partial charge in [0.1, 0.15) is 0 Å². The number of fused-ring (bicyclic) bond motifs is 1. The average Bonchev–Trinajstić information content (AvgIpc) is 2.96. The summed E-state index contributed by atoms with van der Waals surface area (Å²) in [5, 5.41) is 11.6. The van der Waals surface area contributed by atoms with E-state index in [-0.39, 0.29) is 12.2 Å². The van der Waals surface area contributed by atoms with Gasteiger partial charge in [-0.1, -0.05) is 30.3 Å². The van der Waals surface area contributed by atoms with Crippen LogP contribution >= 0.6 is 0 Å².